The Morgan fingerprint density at radius 3 is 2.89 bits per heavy atom. The first-order valence-corrected chi connectivity index (χ1v) is 9.66. The van der Waals surface area contributed by atoms with Crippen molar-refractivity contribution in [2.45, 2.75) is 26.8 Å². The van der Waals surface area contributed by atoms with E-state index in [-0.39, 0.29) is 24.4 Å². The lowest BCUT2D eigenvalue weighted by molar-refractivity contribution is -0.116. The predicted molar refractivity (Wildman–Crippen MR) is 109 cm³/mol. The van der Waals surface area contributed by atoms with E-state index in [0.717, 1.165) is 22.8 Å². The number of para-hydroxylation sites is 1. The van der Waals surface area contributed by atoms with E-state index >= 15 is 0 Å². The van der Waals surface area contributed by atoms with E-state index in [4.69, 9.17) is 4.42 Å². The van der Waals surface area contributed by atoms with E-state index in [1.165, 1.54) is 22.2 Å². The van der Waals surface area contributed by atoms with Crippen molar-refractivity contribution in [2.75, 3.05) is 5.32 Å². The van der Waals surface area contributed by atoms with Gasteiger partial charge in [-0.15, -0.1) is 11.3 Å². The van der Waals surface area contributed by atoms with Gasteiger partial charge < -0.3 is 9.73 Å². The Kier molecular flexibility index (Phi) is 4.79. The molecule has 1 aromatic carbocycles. The maximum atomic E-state index is 12.5. The van der Waals surface area contributed by atoms with Gasteiger partial charge >= 0.3 is 0 Å². The highest BCUT2D eigenvalue weighted by molar-refractivity contribution is 7.14. The number of carbonyl (C=O) groups excluding carboxylic acids is 1. The van der Waals surface area contributed by atoms with Crippen molar-refractivity contribution < 1.29 is 9.21 Å². The van der Waals surface area contributed by atoms with Gasteiger partial charge in [-0.05, 0) is 32.0 Å². The van der Waals surface area contributed by atoms with Crippen LogP contribution in [0.2, 0.25) is 0 Å². The third-order valence-corrected chi connectivity index (χ3v) is 5.14. The summed E-state index contributed by atoms with van der Waals surface area (Å²) in [5, 5.41) is 5.73. The monoisotopic (exact) mass is 394 g/mol. The number of amides is 1. The fourth-order valence-electron chi connectivity index (χ4n) is 3.01. The highest BCUT2D eigenvalue weighted by atomic mass is 32.1. The zero-order valence-electron chi connectivity index (χ0n) is 15.4. The largest absolute Gasteiger partial charge is 0.466 e. The van der Waals surface area contributed by atoms with Crippen LogP contribution in [0.5, 0.6) is 0 Å². The first-order valence-electron chi connectivity index (χ1n) is 8.78. The Bertz CT molecular complexity index is 1220. The Labute approximate surface area is 164 Å². The van der Waals surface area contributed by atoms with Crippen LogP contribution in [0, 0.1) is 13.8 Å². The number of anilines is 1. The van der Waals surface area contributed by atoms with E-state index in [0.29, 0.717) is 16.0 Å². The lowest BCUT2D eigenvalue weighted by Gasteiger charge is -2.06. The molecule has 0 bridgehead atoms. The van der Waals surface area contributed by atoms with Gasteiger partial charge in [0.05, 0.1) is 22.9 Å². The van der Waals surface area contributed by atoms with Gasteiger partial charge in [-0.3, -0.25) is 14.2 Å². The summed E-state index contributed by atoms with van der Waals surface area (Å²) < 4.78 is 6.98. The first-order chi connectivity index (χ1) is 13.5. The lowest BCUT2D eigenvalue weighted by atomic mass is 10.2. The van der Waals surface area contributed by atoms with Crippen LogP contribution in [0.1, 0.15) is 17.9 Å². The van der Waals surface area contributed by atoms with Crippen molar-refractivity contribution in [3.63, 3.8) is 0 Å². The number of aromatic nitrogens is 3. The fourth-order valence-corrected chi connectivity index (χ4v) is 3.74. The van der Waals surface area contributed by atoms with Crippen LogP contribution in [0.3, 0.4) is 0 Å². The minimum Gasteiger partial charge on any atom is -0.466 e. The Morgan fingerprint density at radius 1 is 1.29 bits per heavy atom. The van der Waals surface area contributed by atoms with E-state index in [9.17, 15) is 9.59 Å². The van der Waals surface area contributed by atoms with Gasteiger partial charge in [0.15, 0.2) is 5.13 Å². The average molecular weight is 394 g/mol. The molecule has 0 atom stereocenters. The number of hydrogen-bond donors (Lipinski definition) is 1. The van der Waals surface area contributed by atoms with Crippen LogP contribution < -0.4 is 10.9 Å². The van der Waals surface area contributed by atoms with Crippen molar-refractivity contribution in [1.29, 1.82) is 0 Å². The summed E-state index contributed by atoms with van der Waals surface area (Å²) in [5.74, 6) is 1.41. The summed E-state index contributed by atoms with van der Waals surface area (Å²) in [6.07, 6.45) is 1.63. The number of nitrogens with one attached hydrogen (secondary N) is 1. The maximum Gasteiger partial charge on any atom is 0.261 e. The quantitative estimate of drug-likeness (QED) is 0.557. The summed E-state index contributed by atoms with van der Waals surface area (Å²) in [7, 11) is 0. The van der Waals surface area contributed by atoms with Crippen LogP contribution in [0.25, 0.3) is 22.2 Å². The van der Waals surface area contributed by atoms with Crippen molar-refractivity contribution in [1.82, 2.24) is 14.5 Å². The molecule has 0 saturated carbocycles. The van der Waals surface area contributed by atoms with Crippen LogP contribution in [-0.2, 0) is 11.3 Å². The number of fused-ring (bicyclic) bond motifs is 1. The summed E-state index contributed by atoms with van der Waals surface area (Å²) in [5.41, 5.74) is 2.18. The first kappa shape index (κ1) is 18.1. The molecule has 8 heteroatoms. The van der Waals surface area contributed by atoms with Crippen molar-refractivity contribution in [3.05, 3.63) is 63.9 Å². The highest BCUT2D eigenvalue weighted by Gasteiger charge is 2.13. The molecule has 4 aromatic rings. The van der Waals surface area contributed by atoms with Gasteiger partial charge in [0, 0.05) is 23.9 Å². The van der Waals surface area contributed by atoms with E-state index in [1.807, 2.05) is 31.4 Å². The number of carbonyl (C=O) groups is 1. The molecular formula is C20H18N4O3S. The average Bonchev–Trinajstić information content (AvgIpc) is 3.27. The van der Waals surface area contributed by atoms with Gasteiger partial charge in [0.1, 0.15) is 11.5 Å². The molecule has 1 N–H and O–H groups in total. The van der Waals surface area contributed by atoms with Crippen molar-refractivity contribution >= 4 is 33.3 Å². The summed E-state index contributed by atoms with van der Waals surface area (Å²) in [6.45, 7) is 4.02. The summed E-state index contributed by atoms with van der Waals surface area (Å²) in [6, 6.07) is 9.08. The second-order valence-electron chi connectivity index (χ2n) is 6.42. The van der Waals surface area contributed by atoms with Crippen LogP contribution in [-0.4, -0.2) is 20.4 Å². The van der Waals surface area contributed by atoms with Crippen molar-refractivity contribution in [2.24, 2.45) is 0 Å². The van der Waals surface area contributed by atoms with E-state index in [2.05, 4.69) is 15.3 Å². The maximum absolute atomic E-state index is 12.5. The molecule has 0 aliphatic carbocycles. The molecule has 0 aliphatic heterocycles. The minimum absolute atomic E-state index is 0.151. The minimum atomic E-state index is -0.207. The molecule has 1 amide bonds. The van der Waals surface area contributed by atoms with E-state index in [1.54, 1.807) is 18.2 Å². The van der Waals surface area contributed by atoms with Gasteiger partial charge in [0.25, 0.3) is 5.56 Å². The summed E-state index contributed by atoms with van der Waals surface area (Å²) in [4.78, 5) is 33.5. The topological polar surface area (TPSA) is 90.0 Å². The second kappa shape index (κ2) is 7.40. The zero-order chi connectivity index (χ0) is 19.7. The summed E-state index contributed by atoms with van der Waals surface area (Å²) >= 11 is 1.35. The normalized spacial score (nSPS) is 11.1. The van der Waals surface area contributed by atoms with Crippen LogP contribution in [0.4, 0.5) is 5.13 Å². The van der Waals surface area contributed by atoms with Gasteiger partial charge in [-0.2, -0.15) is 0 Å². The molecule has 0 saturated heterocycles. The molecule has 0 fully saturated rings. The number of thiazole rings is 1. The molecule has 0 aliphatic rings. The number of rotatable bonds is 5. The molecule has 4 rings (SSSR count). The lowest BCUT2D eigenvalue weighted by Crippen LogP contribution is -2.23. The Hall–Kier alpha value is -3.26. The molecule has 0 radical (unpaired) electrons. The third kappa shape index (κ3) is 3.59. The Balaban J connectivity index is 1.42. The predicted octanol–water partition coefficient (Wildman–Crippen LogP) is 3.76. The third-order valence-electron chi connectivity index (χ3n) is 4.38. The van der Waals surface area contributed by atoms with Gasteiger partial charge in [-0.25, -0.2) is 9.97 Å². The molecule has 7 nitrogen and oxygen atoms in total. The molecule has 3 aromatic heterocycles. The van der Waals surface area contributed by atoms with Gasteiger partial charge in [-0.1, -0.05) is 12.1 Å². The molecule has 0 spiro atoms. The molecule has 142 valence electrons. The SMILES string of the molecule is Cc1cc(-c2csc(NC(=O)CCn3cnc4ccccc4c3=O)n2)c(C)o1. The fraction of sp³-hybridized carbons (Fsp3) is 0.200. The number of benzene rings is 1. The van der Waals surface area contributed by atoms with Crippen molar-refractivity contribution in [3.8, 4) is 11.3 Å². The molecule has 28 heavy (non-hydrogen) atoms. The number of nitrogens with zero attached hydrogens (tertiary/aromatic N) is 3. The Morgan fingerprint density at radius 2 is 2.11 bits per heavy atom. The number of hydrogen-bond acceptors (Lipinski definition) is 6. The smallest absolute Gasteiger partial charge is 0.261 e. The van der Waals surface area contributed by atoms with E-state index < -0.39 is 0 Å². The standard InChI is InChI=1S/C20H18N4O3S/c1-12-9-15(13(2)27-12)17-10-28-20(22-17)23-18(25)7-8-24-11-21-16-6-4-3-5-14(16)19(24)26/h3-6,9-11H,7-8H2,1-2H3,(H,22,23,25). The zero-order valence-corrected chi connectivity index (χ0v) is 16.2. The van der Waals surface area contributed by atoms with Gasteiger partial charge in [0.2, 0.25) is 5.91 Å². The highest BCUT2D eigenvalue weighted by Crippen LogP contribution is 2.29. The van der Waals surface area contributed by atoms with Crippen LogP contribution in [0.15, 0.2) is 51.3 Å². The molecule has 0 unspecified atom stereocenters. The van der Waals surface area contributed by atoms with Crippen LogP contribution >= 0.6 is 11.3 Å². The number of furan rings is 1. The molecule has 3 heterocycles. The molecular weight excluding hydrogens is 376 g/mol. The second-order valence-corrected chi connectivity index (χ2v) is 7.28. The number of aryl methyl sites for hydroxylation is 3.